The first-order valence-corrected chi connectivity index (χ1v) is 7.88. The molecule has 14 heavy (non-hydrogen) atoms. The minimum Gasteiger partial charge on any atom is -0.224 e. The van der Waals surface area contributed by atoms with Gasteiger partial charge < -0.3 is 0 Å². The lowest BCUT2D eigenvalue weighted by Crippen LogP contribution is -1.99. The van der Waals surface area contributed by atoms with Crippen molar-refractivity contribution >= 4 is 41.7 Å². The fourth-order valence-corrected chi connectivity index (χ4v) is 2.36. The Labute approximate surface area is 101 Å². The van der Waals surface area contributed by atoms with Gasteiger partial charge in [-0.05, 0) is 17.7 Å². The molecular weight excluding hydrogens is 332 g/mol. The summed E-state index contributed by atoms with van der Waals surface area (Å²) in [6, 6.07) is 6.95. The quantitative estimate of drug-likeness (QED) is 0.792. The molecule has 78 valence electrons. The lowest BCUT2D eigenvalue weighted by atomic mass is 10.2. The van der Waals surface area contributed by atoms with Gasteiger partial charge in [-0.2, -0.15) is 0 Å². The molecule has 1 aromatic rings. The van der Waals surface area contributed by atoms with Crippen LogP contribution in [0.3, 0.4) is 0 Å². The molecule has 1 unspecified atom stereocenters. The van der Waals surface area contributed by atoms with Gasteiger partial charge in [-0.1, -0.05) is 44.0 Å². The third kappa shape index (κ3) is 3.07. The SMILES string of the molecule is CS(=O)(=O)c1cccc(C(Br)CBr)c1. The number of rotatable bonds is 3. The summed E-state index contributed by atoms with van der Waals surface area (Å²) >= 11 is 6.77. The predicted octanol–water partition coefficient (Wildman–Crippen LogP) is 2.92. The third-order valence-corrected chi connectivity index (χ3v) is 5.26. The number of benzene rings is 1. The molecule has 0 bridgehead atoms. The summed E-state index contributed by atoms with van der Waals surface area (Å²) in [7, 11) is -3.10. The van der Waals surface area contributed by atoms with E-state index in [0.29, 0.717) is 4.90 Å². The van der Waals surface area contributed by atoms with Crippen molar-refractivity contribution in [2.45, 2.75) is 9.72 Å². The molecule has 0 saturated carbocycles. The molecule has 0 N–H and O–H groups in total. The molecule has 0 aromatic heterocycles. The fourth-order valence-electron chi connectivity index (χ4n) is 1.03. The van der Waals surface area contributed by atoms with Crippen LogP contribution in [0.2, 0.25) is 0 Å². The zero-order valence-corrected chi connectivity index (χ0v) is 11.6. The molecule has 0 radical (unpaired) electrons. The normalized spacial score (nSPS) is 13.9. The molecule has 0 fully saturated rings. The van der Waals surface area contributed by atoms with Gasteiger partial charge in [0.2, 0.25) is 0 Å². The maximum Gasteiger partial charge on any atom is 0.175 e. The molecular formula is C9H10Br2O2S. The van der Waals surface area contributed by atoms with E-state index in [1.165, 1.54) is 6.26 Å². The van der Waals surface area contributed by atoms with Crippen molar-refractivity contribution in [2.75, 3.05) is 11.6 Å². The van der Waals surface area contributed by atoms with E-state index in [2.05, 4.69) is 31.9 Å². The van der Waals surface area contributed by atoms with Gasteiger partial charge in [-0.3, -0.25) is 0 Å². The van der Waals surface area contributed by atoms with E-state index < -0.39 is 9.84 Å². The number of sulfone groups is 1. The van der Waals surface area contributed by atoms with Crippen molar-refractivity contribution in [2.24, 2.45) is 0 Å². The van der Waals surface area contributed by atoms with Crippen LogP contribution in [0.4, 0.5) is 0 Å². The smallest absolute Gasteiger partial charge is 0.175 e. The maximum absolute atomic E-state index is 11.3. The minimum atomic E-state index is -3.10. The van der Waals surface area contributed by atoms with Crippen LogP contribution in [0.5, 0.6) is 0 Å². The monoisotopic (exact) mass is 340 g/mol. The average Bonchev–Trinajstić information content (AvgIpc) is 2.15. The molecule has 1 atom stereocenters. The Bertz CT molecular complexity index is 415. The van der Waals surface area contributed by atoms with Crippen LogP contribution >= 0.6 is 31.9 Å². The standard InChI is InChI=1S/C9H10Br2O2S/c1-14(12,13)8-4-2-3-7(5-8)9(11)6-10/h2-5,9H,6H2,1H3. The van der Waals surface area contributed by atoms with Crippen molar-refractivity contribution < 1.29 is 8.42 Å². The Morgan fingerprint density at radius 1 is 1.43 bits per heavy atom. The number of alkyl halides is 2. The van der Waals surface area contributed by atoms with Crippen molar-refractivity contribution in [3.05, 3.63) is 29.8 Å². The van der Waals surface area contributed by atoms with E-state index in [9.17, 15) is 8.42 Å². The molecule has 0 amide bonds. The van der Waals surface area contributed by atoms with Crippen LogP contribution < -0.4 is 0 Å². The first-order chi connectivity index (χ1) is 6.45. The summed E-state index contributed by atoms with van der Waals surface area (Å²) in [6.45, 7) is 0. The summed E-state index contributed by atoms with van der Waals surface area (Å²) in [4.78, 5) is 0.504. The maximum atomic E-state index is 11.3. The van der Waals surface area contributed by atoms with Gasteiger partial charge in [-0.15, -0.1) is 0 Å². The number of hydrogen-bond acceptors (Lipinski definition) is 2. The van der Waals surface area contributed by atoms with Gasteiger partial charge in [0.15, 0.2) is 9.84 Å². The molecule has 0 aliphatic rings. The van der Waals surface area contributed by atoms with Crippen LogP contribution in [0.25, 0.3) is 0 Å². The second-order valence-electron chi connectivity index (χ2n) is 2.97. The van der Waals surface area contributed by atoms with E-state index in [4.69, 9.17) is 0 Å². The highest BCUT2D eigenvalue weighted by Crippen LogP contribution is 2.26. The molecule has 1 aromatic carbocycles. The molecule has 0 aliphatic carbocycles. The van der Waals surface area contributed by atoms with Crippen molar-refractivity contribution in [1.29, 1.82) is 0 Å². The highest BCUT2D eigenvalue weighted by molar-refractivity contribution is 9.12. The molecule has 0 saturated heterocycles. The largest absolute Gasteiger partial charge is 0.224 e. The zero-order valence-electron chi connectivity index (χ0n) is 7.57. The molecule has 0 heterocycles. The Morgan fingerprint density at radius 2 is 2.07 bits per heavy atom. The third-order valence-electron chi connectivity index (χ3n) is 1.78. The summed E-state index contributed by atoms with van der Waals surface area (Å²) in [6.07, 6.45) is 1.21. The molecule has 2 nitrogen and oxygen atoms in total. The predicted molar refractivity (Wildman–Crippen MR) is 65.0 cm³/mol. The highest BCUT2D eigenvalue weighted by Gasteiger charge is 2.10. The Balaban J connectivity index is 3.14. The lowest BCUT2D eigenvalue weighted by molar-refractivity contribution is 0.602. The average molecular weight is 342 g/mol. The van der Waals surface area contributed by atoms with E-state index in [0.717, 1.165) is 10.9 Å². The second kappa shape index (κ2) is 4.77. The van der Waals surface area contributed by atoms with Gasteiger partial charge in [0.1, 0.15) is 0 Å². The van der Waals surface area contributed by atoms with Crippen molar-refractivity contribution in [1.82, 2.24) is 0 Å². The number of halogens is 2. The highest BCUT2D eigenvalue weighted by atomic mass is 79.9. The second-order valence-corrected chi connectivity index (χ2v) is 6.74. The zero-order chi connectivity index (χ0) is 10.8. The van der Waals surface area contributed by atoms with Gasteiger partial charge in [0, 0.05) is 16.4 Å². The minimum absolute atomic E-state index is 0.143. The van der Waals surface area contributed by atoms with Crippen LogP contribution in [0.15, 0.2) is 29.2 Å². The van der Waals surface area contributed by atoms with Crippen molar-refractivity contribution in [3.8, 4) is 0 Å². The van der Waals surface area contributed by atoms with Gasteiger partial charge in [-0.25, -0.2) is 8.42 Å². The first-order valence-electron chi connectivity index (χ1n) is 3.95. The Hall–Kier alpha value is 0.130. The van der Waals surface area contributed by atoms with Gasteiger partial charge >= 0.3 is 0 Å². The summed E-state index contributed by atoms with van der Waals surface area (Å²) in [5.74, 6) is 0. The van der Waals surface area contributed by atoms with Crippen LogP contribution in [0.1, 0.15) is 10.4 Å². The Morgan fingerprint density at radius 3 is 2.57 bits per heavy atom. The van der Waals surface area contributed by atoms with Gasteiger partial charge in [0.05, 0.1) is 4.90 Å². The summed E-state index contributed by atoms with van der Waals surface area (Å²) < 4.78 is 22.5. The van der Waals surface area contributed by atoms with E-state index in [1.54, 1.807) is 18.2 Å². The topological polar surface area (TPSA) is 34.1 Å². The molecule has 1 rings (SSSR count). The van der Waals surface area contributed by atoms with Gasteiger partial charge in [0.25, 0.3) is 0 Å². The summed E-state index contributed by atoms with van der Waals surface area (Å²) in [5, 5.41) is 0.750. The molecule has 0 spiro atoms. The van der Waals surface area contributed by atoms with Crippen LogP contribution in [-0.4, -0.2) is 20.0 Å². The Kier molecular flexibility index (Phi) is 4.15. The van der Waals surface area contributed by atoms with E-state index >= 15 is 0 Å². The van der Waals surface area contributed by atoms with Crippen molar-refractivity contribution in [3.63, 3.8) is 0 Å². The fraction of sp³-hybridized carbons (Fsp3) is 0.333. The lowest BCUT2D eigenvalue weighted by Gasteiger charge is -2.07. The first kappa shape index (κ1) is 12.2. The van der Waals surface area contributed by atoms with E-state index in [-0.39, 0.29) is 4.83 Å². The molecule has 0 aliphatic heterocycles. The van der Waals surface area contributed by atoms with Crippen LogP contribution in [0, 0.1) is 0 Å². The molecule has 5 heteroatoms. The number of hydrogen-bond donors (Lipinski definition) is 0. The van der Waals surface area contributed by atoms with Crippen LogP contribution in [-0.2, 0) is 9.84 Å². The summed E-state index contributed by atoms with van der Waals surface area (Å²) in [5.41, 5.74) is 0.963. The van der Waals surface area contributed by atoms with E-state index in [1.807, 2.05) is 6.07 Å².